The lowest BCUT2D eigenvalue weighted by Gasteiger charge is -2.37. The van der Waals surface area contributed by atoms with E-state index < -0.39 is 21.8 Å². The molecule has 0 unspecified atom stereocenters. The summed E-state index contributed by atoms with van der Waals surface area (Å²) in [4.78, 5) is 12.4. The predicted molar refractivity (Wildman–Crippen MR) is 159 cm³/mol. The molecule has 0 amide bonds. The van der Waals surface area contributed by atoms with Gasteiger partial charge < -0.3 is 15.7 Å². The van der Waals surface area contributed by atoms with Crippen molar-refractivity contribution in [3.63, 3.8) is 0 Å². The molecule has 0 bridgehead atoms. The van der Waals surface area contributed by atoms with Crippen LogP contribution in [0.1, 0.15) is 44.1 Å². The molecular formula is C28H32ClF3N8O3S. The van der Waals surface area contributed by atoms with Crippen molar-refractivity contribution in [3.05, 3.63) is 58.8 Å². The first-order valence-electron chi connectivity index (χ1n) is 14.1. The Morgan fingerprint density at radius 1 is 1.16 bits per heavy atom. The van der Waals surface area contributed by atoms with Crippen molar-refractivity contribution in [2.75, 3.05) is 24.7 Å². The van der Waals surface area contributed by atoms with Crippen LogP contribution in [0.2, 0.25) is 5.02 Å². The number of nitrogens with one attached hydrogen (secondary N) is 2. The van der Waals surface area contributed by atoms with Gasteiger partial charge in [0, 0.05) is 49.7 Å². The SMILES string of the molecule is [C-]#[N+]c1cnc(NC2CCN(S(C)(=O)=O)CC2)nc1-c1cnn(-c2ccc(CNC3CCC(O)(C(F)(F)F)CC3)cc2Cl)c1. The number of sulfonamides is 1. The third kappa shape index (κ3) is 7.16. The number of hydrogen-bond donors (Lipinski definition) is 3. The Kier molecular flexibility index (Phi) is 9.20. The highest BCUT2D eigenvalue weighted by atomic mass is 35.5. The van der Waals surface area contributed by atoms with Gasteiger partial charge in [0.05, 0.1) is 35.4 Å². The lowest BCUT2D eigenvalue weighted by Crippen LogP contribution is -2.50. The Labute approximate surface area is 258 Å². The minimum atomic E-state index is -4.63. The van der Waals surface area contributed by atoms with Crippen LogP contribution in [0.25, 0.3) is 21.8 Å². The first kappa shape index (κ1) is 32.1. The third-order valence-electron chi connectivity index (χ3n) is 8.20. The molecule has 1 aromatic carbocycles. The van der Waals surface area contributed by atoms with Crippen molar-refractivity contribution in [1.29, 1.82) is 0 Å². The Balaban J connectivity index is 1.23. The molecule has 3 heterocycles. The quantitative estimate of drug-likeness (QED) is 0.299. The van der Waals surface area contributed by atoms with Crippen molar-refractivity contribution in [2.24, 2.45) is 0 Å². The normalized spacial score (nSPS) is 22.1. The van der Waals surface area contributed by atoms with E-state index in [-0.39, 0.29) is 43.5 Å². The maximum absolute atomic E-state index is 13.1. The Morgan fingerprint density at radius 3 is 2.48 bits per heavy atom. The van der Waals surface area contributed by atoms with Crippen LogP contribution in [0.4, 0.5) is 24.8 Å². The summed E-state index contributed by atoms with van der Waals surface area (Å²) < 4.78 is 65.8. The number of rotatable bonds is 8. The van der Waals surface area contributed by atoms with Gasteiger partial charge in [0.2, 0.25) is 21.7 Å². The van der Waals surface area contributed by atoms with Crippen LogP contribution in [0.3, 0.4) is 0 Å². The molecule has 16 heteroatoms. The fourth-order valence-electron chi connectivity index (χ4n) is 5.52. The van der Waals surface area contributed by atoms with Gasteiger partial charge in [-0.15, -0.1) is 0 Å². The third-order valence-corrected chi connectivity index (χ3v) is 9.80. The smallest absolute Gasteiger partial charge is 0.380 e. The molecule has 2 fully saturated rings. The largest absolute Gasteiger partial charge is 0.417 e. The summed E-state index contributed by atoms with van der Waals surface area (Å²) >= 11 is 6.59. The van der Waals surface area contributed by atoms with E-state index in [4.69, 9.17) is 18.2 Å². The van der Waals surface area contributed by atoms with Crippen LogP contribution in [-0.2, 0) is 16.6 Å². The number of aliphatic hydroxyl groups is 1. The number of hydrogen-bond acceptors (Lipinski definition) is 8. The molecule has 0 radical (unpaired) electrons. The molecule has 5 rings (SSSR count). The average Bonchev–Trinajstić information content (AvgIpc) is 3.46. The fourth-order valence-corrected chi connectivity index (χ4v) is 6.69. The molecule has 236 valence electrons. The van der Waals surface area contributed by atoms with E-state index >= 15 is 0 Å². The zero-order chi connectivity index (χ0) is 31.7. The van der Waals surface area contributed by atoms with Gasteiger partial charge in [-0.1, -0.05) is 17.7 Å². The molecule has 44 heavy (non-hydrogen) atoms. The molecule has 1 aliphatic carbocycles. The van der Waals surface area contributed by atoms with Crippen LogP contribution in [0.5, 0.6) is 0 Å². The van der Waals surface area contributed by atoms with Gasteiger partial charge >= 0.3 is 6.18 Å². The Bertz CT molecular complexity index is 1640. The zero-order valence-electron chi connectivity index (χ0n) is 23.8. The van der Waals surface area contributed by atoms with Gasteiger partial charge in [-0.2, -0.15) is 18.3 Å². The molecule has 1 saturated heterocycles. The lowest BCUT2D eigenvalue weighted by molar-refractivity contribution is -0.270. The van der Waals surface area contributed by atoms with E-state index in [9.17, 15) is 26.7 Å². The predicted octanol–water partition coefficient (Wildman–Crippen LogP) is 4.69. The summed E-state index contributed by atoms with van der Waals surface area (Å²) in [5.41, 5.74) is 0.0184. The van der Waals surface area contributed by atoms with Crippen LogP contribution in [0, 0.1) is 6.57 Å². The van der Waals surface area contributed by atoms with E-state index in [2.05, 4.69) is 30.5 Å². The average molecular weight is 653 g/mol. The Morgan fingerprint density at radius 2 is 1.86 bits per heavy atom. The van der Waals surface area contributed by atoms with Crippen LogP contribution in [-0.4, -0.2) is 80.8 Å². The van der Waals surface area contributed by atoms with Crippen molar-refractivity contribution >= 4 is 33.3 Å². The van der Waals surface area contributed by atoms with Crippen LogP contribution in [0.15, 0.2) is 36.8 Å². The Hall–Kier alpha value is -3.29. The van der Waals surface area contributed by atoms with Gasteiger partial charge in [0.25, 0.3) is 0 Å². The first-order chi connectivity index (χ1) is 20.8. The van der Waals surface area contributed by atoms with E-state index in [1.54, 1.807) is 29.2 Å². The molecule has 1 aliphatic heterocycles. The monoisotopic (exact) mass is 652 g/mol. The van der Waals surface area contributed by atoms with Gasteiger partial charge in [-0.05, 0) is 56.2 Å². The number of aromatic nitrogens is 4. The fraction of sp³-hybridized carbons (Fsp3) is 0.500. The van der Waals surface area contributed by atoms with Crippen molar-refractivity contribution < 1.29 is 26.7 Å². The van der Waals surface area contributed by atoms with Gasteiger partial charge in [0.1, 0.15) is 0 Å². The number of alkyl halides is 3. The molecule has 1 saturated carbocycles. The molecule has 3 N–H and O–H groups in total. The molecule has 0 spiro atoms. The topological polar surface area (TPSA) is 130 Å². The van der Waals surface area contributed by atoms with Crippen LogP contribution < -0.4 is 10.6 Å². The van der Waals surface area contributed by atoms with Crippen LogP contribution >= 0.6 is 11.6 Å². The number of benzene rings is 1. The van der Waals surface area contributed by atoms with E-state index in [0.717, 1.165) is 5.56 Å². The standard InChI is InChI=1S/C28H32ClF3N8O3S/c1-33-23-16-35-26(37-21-7-11-39(12-8-21)44(2,42)43)38-25(23)19-15-36-40(17-19)24-4-3-18(13-22(24)29)14-34-20-5-9-27(41,10-6-20)28(30,31)32/h3-4,13,15-17,20-21,34,41H,5-12,14H2,2H3,(H,35,37,38). The minimum absolute atomic E-state index is 0.0181. The molecule has 0 atom stereocenters. The highest BCUT2D eigenvalue weighted by molar-refractivity contribution is 7.88. The van der Waals surface area contributed by atoms with E-state index in [1.165, 1.54) is 16.8 Å². The first-order valence-corrected chi connectivity index (χ1v) is 16.3. The summed E-state index contributed by atoms with van der Waals surface area (Å²) in [6.45, 7) is 8.78. The highest BCUT2D eigenvalue weighted by Crippen LogP contribution is 2.41. The number of piperidine rings is 1. The molecule has 2 aliphatic rings. The zero-order valence-corrected chi connectivity index (χ0v) is 25.4. The van der Waals surface area contributed by atoms with E-state index in [0.29, 0.717) is 60.4 Å². The maximum Gasteiger partial charge on any atom is 0.417 e. The van der Waals surface area contributed by atoms with E-state index in [1.807, 2.05) is 6.07 Å². The highest BCUT2D eigenvalue weighted by Gasteiger charge is 2.54. The minimum Gasteiger partial charge on any atom is -0.380 e. The maximum atomic E-state index is 13.1. The summed E-state index contributed by atoms with van der Waals surface area (Å²) in [7, 11) is -3.24. The van der Waals surface area contributed by atoms with Crippen molar-refractivity contribution in [1.82, 2.24) is 29.4 Å². The van der Waals surface area contributed by atoms with Crippen molar-refractivity contribution in [2.45, 2.75) is 68.9 Å². The second-order valence-corrected chi connectivity index (χ2v) is 13.7. The molecule has 3 aromatic rings. The number of halogens is 4. The summed E-state index contributed by atoms with van der Waals surface area (Å²) in [5, 5.41) is 21.2. The summed E-state index contributed by atoms with van der Waals surface area (Å²) in [6, 6.07) is 5.22. The number of anilines is 1. The second kappa shape index (κ2) is 12.6. The van der Waals surface area contributed by atoms with Crippen molar-refractivity contribution in [3.8, 4) is 16.9 Å². The number of nitrogens with zero attached hydrogens (tertiary/aromatic N) is 6. The van der Waals surface area contributed by atoms with Gasteiger partial charge in [-0.3, -0.25) is 0 Å². The molecular weight excluding hydrogens is 621 g/mol. The van der Waals surface area contributed by atoms with Gasteiger partial charge in [0.15, 0.2) is 5.60 Å². The summed E-state index contributed by atoms with van der Waals surface area (Å²) in [6.07, 6.45) is 2.24. The second-order valence-electron chi connectivity index (χ2n) is 11.3. The summed E-state index contributed by atoms with van der Waals surface area (Å²) in [5.74, 6) is 0.328. The lowest BCUT2D eigenvalue weighted by atomic mass is 9.81. The molecule has 2 aromatic heterocycles. The van der Waals surface area contributed by atoms with Gasteiger partial charge in [-0.25, -0.2) is 32.2 Å². The molecule has 11 nitrogen and oxygen atoms in total.